The van der Waals surface area contributed by atoms with Crippen LogP contribution in [0.1, 0.15) is 26.3 Å². The molecule has 20 heavy (non-hydrogen) atoms. The van der Waals surface area contributed by atoms with Gasteiger partial charge in [0.05, 0.1) is 19.3 Å². The molecule has 110 valence electrons. The Morgan fingerprint density at radius 2 is 2.00 bits per heavy atom. The summed E-state index contributed by atoms with van der Waals surface area (Å²) >= 11 is 6.01. The molecule has 1 aromatic rings. The number of Topliss-reactive ketones (excluding diaryl/α,β-unsaturated/α-hetero) is 1. The van der Waals surface area contributed by atoms with Gasteiger partial charge in [-0.15, -0.1) is 0 Å². The maximum absolute atomic E-state index is 12.6. The van der Waals surface area contributed by atoms with Crippen LogP contribution in [0.3, 0.4) is 0 Å². The van der Waals surface area contributed by atoms with Crippen molar-refractivity contribution in [2.45, 2.75) is 39.4 Å². The van der Waals surface area contributed by atoms with Crippen molar-refractivity contribution in [3.63, 3.8) is 0 Å². The minimum absolute atomic E-state index is 0.0299. The molecule has 0 aromatic heterocycles. The van der Waals surface area contributed by atoms with E-state index in [2.05, 4.69) is 6.92 Å². The summed E-state index contributed by atoms with van der Waals surface area (Å²) in [5.41, 5.74) is 0.837. The summed E-state index contributed by atoms with van der Waals surface area (Å²) in [6, 6.07) is 5.36. The normalized spacial score (nSPS) is 29.4. The van der Waals surface area contributed by atoms with E-state index in [0.29, 0.717) is 17.2 Å². The van der Waals surface area contributed by atoms with E-state index in [0.717, 1.165) is 5.56 Å². The van der Waals surface area contributed by atoms with Gasteiger partial charge in [-0.25, -0.2) is 0 Å². The van der Waals surface area contributed by atoms with Gasteiger partial charge in [-0.05, 0) is 38.0 Å². The average Bonchev–Trinajstić information content (AvgIpc) is 2.63. The van der Waals surface area contributed by atoms with Crippen LogP contribution in [-0.4, -0.2) is 25.1 Å². The van der Waals surface area contributed by atoms with Crippen LogP contribution < -0.4 is 4.74 Å². The molecule has 1 fully saturated rings. The first-order valence-corrected chi connectivity index (χ1v) is 7.32. The zero-order valence-corrected chi connectivity index (χ0v) is 13.1. The molecule has 0 spiro atoms. The fraction of sp³-hybridized carbons (Fsp3) is 0.562. The first-order valence-electron chi connectivity index (χ1n) is 6.94. The van der Waals surface area contributed by atoms with E-state index in [4.69, 9.17) is 21.1 Å². The lowest BCUT2D eigenvalue weighted by molar-refractivity contribution is -0.124. The molecular weight excluding hydrogens is 276 g/mol. The second kappa shape index (κ2) is 6.15. The molecule has 1 heterocycles. The van der Waals surface area contributed by atoms with Crippen molar-refractivity contribution < 1.29 is 14.3 Å². The number of hydrogen-bond acceptors (Lipinski definition) is 3. The van der Waals surface area contributed by atoms with E-state index in [1.165, 1.54) is 0 Å². The summed E-state index contributed by atoms with van der Waals surface area (Å²) in [6.07, 6.45) is 0.428. The van der Waals surface area contributed by atoms with Crippen molar-refractivity contribution in [1.82, 2.24) is 0 Å². The van der Waals surface area contributed by atoms with Crippen molar-refractivity contribution in [2.75, 3.05) is 7.11 Å². The van der Waals surface area contributed by atoms with Crippen LogP contribution in [0.5, 0.6) is 5.75 Å². The Kier molecular flexibility index (Phi) is 4.71. The lowest BCUT2D eigenvalue weighted by Crippen LogP contribution is -2.28. The topological polar surface area (TPSA) is 35.5 Å². The van der Waals surface area contributed by atoms with Gasteiger partial charge in [0, 0.05) is 22.9 Å². The number of hydrogen-bond donors (Lipinski definition) is 0. The molecule has 1 aromatic carbocycles. The van der Waals surface area contributed by atoms with E-state index < -0.39 is 0 Å². The van der Waals surface area contributed by atoms with Gasteiger partial charge in [0.1, 0.15) is 11.5 Å². The van der Waals surface area contributed by atoms with Gasteiger partial charge in [-0.1, -0.05) is 18.5 Å². The summed E-state index contributed by atoms with van der Waals surface area (Å²) < 4.78 is 11.0. The lowest BCUT2D eigenvalue weighted by Gasteiger charge is -2.18. The van der Waals surface area contributed by atoms with Crippen molar-refractivity contribution in [3.05, 3.63) is 28.8 Å². The SMILES string of the molecule is COc1ccc(Cl)cc1CC(=O)C1C(C)OC(C)C1C. The smallest absolute Gasteiger partial charge is 0.143 e. The van der Waals surface area contributed by atoms with Crippen LogP contribution in [0.25, 0.3) is 0 Å². The van der Waals surface area contributed by atoms with E-state index in [-0.39, 0.29) is 29.8 Å². The molecule has 0 amide bonds. The monoisotopic (exact) mass is 296 g/mol. The van der Waals surface area contributed by atoms with Crippen LogP contribution in [0.2, 0.25) is 5.02 Å². The fourth-order valence-corrected chi connectivity index (χ4v) is 3.21. The van der Waals surface area contributed by atoms with E-state index >= 15 is 0 Å². The third-order valence-electron chi connectivity index (χ3n) is 4.22. The molecular formula is C16H21ClO3. The molecule has 1 aliphatic rings. The number of methoxy groups -OCH3 is 1. The first kappa shape index (κ1) is 15.3. The van der Waals surface area contributed by atoms with Crippen LogP contribution in [0, 0.1) is 11.8 Å². The van der Waals surface area contributed by atoms with Gasteiger partial charge < -0.3 is 9.47 Å². The largest absolute Gasteiger partial charge is 0.496 e. The Balaban J connectivity index is 2.18. The zero-order chi connectivity index (χ0) is 14.9. The number of benzene rings is 1. The van der Waals surface area contributed by atoms with E-state index in [1.807, 2.05) is 13.8 Å². The lowest BCUT2D eigenvalue weighted by atomic mass is 9.84. The molecule has 0 saturated carbocycles. The molecule has 3 nitrogen and oxygen atoms in total. The zero-order valence-electron chi connectivity index (χ0n) is 12.4. The van der Waals surface area contributed by atoms with Crippen LogP contribution in [0.4, 0.5) is 0 Å². The van der Waals surface area contributed by atoms with Gasteiger partial charge in [0.15, 0.2) is 0 Å². The number of rotatable bonds is 4. The van der Waals surface area contributed by atoms with Gasteiger partial charge >= 0.3 is 0 Å². The number of carbonyl (C=O) groups is 1. The molecule has 4 atom stereocenters. The van der Waals surface area contributed by atoms with Gasteiger partial charge in [-0.2, -0.15) is 0 Å². The van der Waals surface area contributed by atoms with Gasteiger partial charge in [0.2, 0.25) is 0 Å². The van der Waals surface area contributed by atoms with Crippen molar-refractivity contribution in [1.29, 1.82) is 0 Å². The molecule has 0 aliphatic carbocycles. The Bertz CT molecular complexity index is 500. The maximum atomic E-state index is 12.6. The quantitative estimate of drug-likeness (QED) is 0.853. The van der Waals surface area contributed by atoms with Crippen molar-refractivity contribution >= 4 is 17.4 Å². The molecule has 0 N–H and O–H groups in total. The third kappa shape index (κ3) is 2.99. The highest BCUT2D eigenvalue weighted by atomic mass is 35.5. The Morgan fingerprint density at radius 1 is 1.30 bits per heavy atom. The second-order valence-corrected chi connectivity index (χ2v) is 5.97. The third-order valence-corrected chi connectivity index (χ3v) is 4.46. The number of halogens is 1. The van der Waals surface area contributed by atoms with E-state index in [1.54, 1.807) is 25.3 Å². The summed E-state index contributed by atoms with van der Waals surface area (Å²) in [7, 11) is 1.60. The standard InChI is InChI=1S/C16H21ClO3/c1-9-10(2)20-11(3)16(9)14(18)8-12-7-13(17)5-6-15(12)19-4/h5-7,9-11,16H,8H2,1-4H3. The van der Waals surface area contributed by atoms with Crippen LogP contribution in [-0.2, 0) is 16.0 Å². The molecule has 0 radical (unpaired) electrons. The number of ketones is 1. The predicted octanol–water partition coefficient (Wildman–Crippen LogP) is 3.52. The molecule has 0 bridgehead atoms. The van der Waals surface area contributed by atoms with E-state index in [9.17, 15) is 4.79 Å². The van der Waals surface area contributed by atoms with Crippen LogP contribution >= 0.6 is 11.6 Å². The molecule has 1 aliphatic heterocycles. The van der Waals surface area contributed by atoms with Gasteiger partial charge in [-0.3, -0.25) is 4.79 Å². The summed E-state index contributed by atoms with van der Waals surface area (Å²) in [4.78, 5) is 12.6. The summed E-state index contributed by atoms with van der Waals surface area (Å²) in [5.74, 6) is 1.07. The highest BCUT2D eigenvalue weighted by molar-refractivity contribution is 6.30. The Labute approximate surface area is 125 Å². The summed E-state index contributed by atoms with van der Waals surface area (Å²) in [6.45, 7) is 6.07. The highest BCUT2D eigenvalue weighted by Gasteiger charge is 2.41. The Hall–Kier alpha value is -1.06. The molecule has 1 saturated heterocycles. The number of ether oxygens (including phenoxy) is 2. The second-order valence-electron chi connectivity index (χ2n) is 5.53. The van der Waals surface area contributed by atoms with Crippen molar-refractivity contribution in [2.24, 2.45) is 11.8 Å². The Morgan fingerprint density at radius 3 is 2.55 bits per heavy atom. The van der Waals surface area contributed by atoms with Crippen LogP contribution in [0.15, 0.2) is 18.2 Å². The fourth-order valence-electron chi connectivity index (χ4n) is 3.01. The molecule has 4 unspecified atom stereocenters. The van der Waals surface area contributed by atoms with Gasteiger partial charge in [0.25, 0.3) is 0 Å². The molecule has 4 heteroatoms. The number of carbonyl (C=O) groups excluding carboxylic acids is 1. The first-order chi connectivity index (χ1) is 9.43. The minimum Gasteiger partial charge on any atom is -0.496 e. The predicted molar refractivity (Wildman–Crippen MR) is 79.4 cm³/mol. The average molecular weight is 297 g/mol. The maximum Gasteiger partial charge on any atom is 0.143 e. The molecule has 2 rings (SSSR count). The minimum atomic E-state index is -0.0614. The highest BCUT2D eigenvalue weighted by Crippen LogP contribution is 2.34. The van der Waals surface area contributed by atoms with Crippen molar-refractivity contribution in [3.8, 4) is 5.75 Å². The summed E-state index contributed by atoms with van der Waals surface area (Å²) in [5, 5.41) is 0.616.